The van der Waals surface area contributed by atoms with Gasteiger partial charge in [-0.15, -0.1) is 30.6 Å². The molecule has 0 aliphatic rings. The zero-order chi connectivity index (χ0) is 19.0. The summed E-state index contributed by atoms with van der Waals surface area (Å²) >= 11 is 6.17. The standard InChI is InChI=1S/C18H26ClFN4O.HI/c1-6-9-21-17(22-11-16(25)24(4)5)23-12-18(2,3)14-8-7-13(20)10-15(14)19;/h6-8,10H,1,9,11-12H2,2-5H3,(H2,21,22,23);1H. The van der Waals surface area contributed by atoms with Gasteiger partial charge in [0, 0.05) is 37.6 Å². The molecule has 0 radical (unpaired) electrons. The lowest BCUT2D eigenvalue weighted by Gasteiger charge is -2.27. The maximum atomic E-state index is 13.3. The zero-order valence-electron chi connectivity index (χ0n) is 15.6. The van der Waals surface area contributed by atoms with E-state index >= 15 is 0 Å². The van der Waals surface area contributed by atoms with Gasteiger partial charge in [0.25, 0.3) is 0 Å². The van der Waals surface area contributed by atoms with E-state index in [1.54, 1.807) is 26.2 Å². The third-order valence-electron chi connectivity index (χ3n) is 3.64. The minimum absolute atomic E-state index is 0. The van der Waals surface area contributed by atoms with Gasteiger partial charge in [-0.2, -0.15) is 0 Å². The normalized spacial score (nSPS) is 11.4. The molecule has 0 saturated heterocycles. The van der Waals surface area contributed by atoms with Crippen LogP contribution in [-0.2, 0) is 10.2 Å². The number of benzene rings is 1. The van der Waals surface area contributed by atoms with E-state index in [2.05, 4.69) is 22.2 Å². The van der Waals surface area contributed by atoms with Crippen molar-refractivity contribution in [3.63, 3.8) is 0 Å². The summed E-state index contributed by atoms with van der Waals surface area (Å²) in [5.74, 6) is 0.0385. The Bertz CT molecular complexity index is 650. The Kier molecular flexibility index (Phi) is 10.8. The minimum Gasteiger partial charge on any atom is -0.356 e. The topological polar surface area (TPSA) is 56.7 Å². The van der Waals surface area contributed by atoms with E-state index < -0.39 is 0 Å². The number of halogens is 3. The molecule has 8 heteroatoms. The maximum absolute atomic E-state index is 13.3. The van der Waals surface area contributed by atoms with Gasteiger partial charge in [0.05, 0.1) is 0 Å². The first-order valence-electron chi connectivity index (χ1n) is 7.96. The van der Waals surface area contributed by atoms with Crippen molar-refractivity contribution in [1.82, 2.24) is 15.5 Å². The van der Waals surface area contributed by atoms with E-state index in [4.69, 9.17) is 11.6 Å². The zero-order valence-corrected chi connectivity index (χ0v) is 18.7. The molecule has 0 aliphatic carbocycles. The van der Waals surface area contributed by atoms with Crippen LogP contribution in [0.2, 0.25) is 5.02 Å². The molecule has 26 heavy (non-hydrogen) atoms. The summed E-state index contributed by atoms with van der Waals surface area (Å²) in [5.41, 5.74) is 0.461. The summed E-state index contributed by atoms with van der Waals surface area (Å²) in [7, 11) is 3.36. The average molecular weight is 497 g/mol. The highest BCUT2D eigenvalue weighted by atomic mass is 127. The monoisotopic (exact) mass is 496 g/mol. The number of carbonyl (C=O) groups excluding carboxylic acids is 1. The number of nitrogens with one attached hydrogen (secondary N) is 2. The number of likely N-dealkylation sites (N-methyl/N-ethyl adjacent to an activating group) is 1. The van der Waals surface area contributed by atoms with Gasteiger partial charge >= 0.3 is 0 Å². The summed E-state index contributed by atoms with van der Waals surface area (Å²) in [6.45, 7) is 8.70. The van der Waals surface area contributed by atoms with Crippen LogP contribution in [0.25, 0.3) is 0 Å². The van der Waals surface area contributed by atoms with Gasteiger partial charge < -0.3 is 15.5 Å². The Morgan fingerprint density at radius 1 is 1.38 bits per heavy atom. The molecule has 2 N–H and O–H groups in total. The lowest BCUT2D eigenvalue weighted by molar-refractivity contribution is -0.127. The van der Waals surface area contributed by atoms with Crippen molar-refractivity contribution in [3.05, 3.63) is 47.3 Å². The number of rotatable bonds is 7. The Balaban J connectivity index is 0.00000625. The van der Waals surface area contributed by atoms with E-state index in [0.717, 1.165) is 5.56 Å². The summed E-state index contributed by atoms with van der Waals surface area (Å²) < 4.78 is 13.3. The van der Waals surface area contributed by atoms with Gasteiger partial charge in [-0.05, 0) is 17.7 Å². The van der Waals surface area contributed by atoms with Crippen molar-refractivity contribution in [1.29, 1.82) is 0 Å². The van der Waals surface area contributed by atoms with Crippen LogP contribution in [0.1, 0.15) is 19.4 Å². The maximum Gasteiger partial charge on any atom is 0.243 e. The number of nitrogens with zero attached hydrogens (tertiary/aromatic N) is 2. The first-order chi connectivity index (χ1) is 11.7. The SMILES string of the molecule is C=CCNC(=NCC(=O)N(C)C)NCC(C)(C)c1ccc(F)cc1Cl.I. The number of hydrogen-bond acceptors (Lipinski definition) is 2. The molecule has 1 aromatic carbocycles. The van der Waals surface area contributed by atoms with Gasteiger partial charge in [-0.1, -0.05) is 37.6 Å². The largest absolute Gasteiger partial charge is 0.356 e. The van der Waals surface area contributed by atoms with Crippen LogP contribution in [0.4, 0.5) is 4.39 Å². The highest BCUT2D eigenvalue weighted by molar-refractivity contribution is 14.0. The smallest absolute Gasteiger partial charge is 0.243 e. The predicted octanol–water partition coefficient (Wildman–Crippen LogP) is 3.18. The van der Waals surface area contributed by atoms with Crippen LogP contribution in [-0.4, -0.2) is 50.5 Å². The van der Waals surface area contributed by atoms with E-state index in [0.29, 0.717) is 24.1 Å². The molecule has 5 nitrogen and oxygen atoms in total. The van der Waals surface area contributed by atoms with Gasteiger partial charge in [0.15, 0.2) is 5.96 Å². The Morgan fingerprint density at radius 3 is 2.58 bits per heavy atom. The molecule has 0 atom stereocenters. The highest BCUT2D eigenvalue weighted by Gasteiger charge is 2.24. The number of amides is 1. The molecular weight excluding hydrogens is 470 g/mol. The van der Waals surface area contributed by atoms with Crippen molar-refractivity contribution >= 4 is 47.4 Å². The molecule has 0 aromatic heterocycles. The van der Waals surface area contributed by atoms with Gasteiger partial charge in [0.1, 0.15) is 12.4 Å². The lowest BCUT2D eigenvalue weighted by Crippen LogP contribution is -2.44. The molecule has 0 bridgehead atoms. The second kappa shape index (κ2) is 11.4. The number of aliphatic imine (C=N–C) groups is 1. The Labute approximate surface area is 177 Å². The molecule has 0 heterocycles. The van der Waals surface area contributed by atoms with Gasteiger partial charge in [-0.25, -0.2) is 9.38 Å². The fraction of sp³-hybridized carbons (Fsp3) is 0.444. The third-order valence-corrected chi connectivity index (χ3v) is 3.96. The second-order valence-corrected chi connectivity index (χ2v) is 6.89. The lowest BCUT2D eigenvalue weighted by atomic mass is 9.84. The van der Waals surface area contributed by atoms with E-state index in [9.17, 15) is 9.18 Å². The fourth-order valence-electron chi connectivity index (χ4n) is 2.07. The third kappa shape index (κ3) is 7.90. The van der Waals surface area contributed by atoms with E-state index in [1.807, 2.05) is 13.8 Å². The van der Waals surface area contributed by atoms with E-state index in [-0.39, 0.29) is 47.7 Å². The number of carbonyl (C=O) groups is 1. The molecule has 1 aromatic rings. The predicted molar refractivity (Wildman–Crippen MR) is 117 cm³/mol. The molecule has 146 valence electrons. The van der Waals surface area contributed by atoms with Crippen molar-refractivity contribution in [3.8, 4) is 0 Å². The molecule has 1 amide bonds. The van der Waals surface area contributed by atoms with Gasteiger partial charge in [0.2, 0.25) is 5.91 Å². The van der Waals surface area contributed by atoms with Crippen LogP contribution in [0.15, 0.2) is 35.8 Å². The summed E-state index contributed by atoms with van der Waals surface area (Å²) in [6.07, 6.45) is 1.70. The van der Waals surface area contributed by atoms with Crippen LogP contribution < -0.4 is 10.6 Å². The summed E-state index contributed by atoms with van der Waals surface area (Å²) in [4.78, 5) is 17.5. The van der Waals surface area contributed by atoms with Crippen molar-refractivity contribution in [2.24, 2.45) is 4.99 Å². The van der Waals surface area contributed by atoms with Crippen LogP contribution in [0, 0.1) is 5.82 Å². The fourth-order valence-corrected chi connectivity index (χ4v) is 2.49. The first-order valence-corrected chi connectivity index (χ1v) is 8.34. The summed E-state index contributed by atoms with van der Waals surface area (Å²) in [6, 6.07) is 4.38. The van der Waals surface area contributed by atoms with Crippen molar-refractivity contribution in [2.75, 3.05) is 33.7 Å². The molecule has 1 rings (SSSR count). The number of hydrogen-bond donors (Lipinski definition) is 2. The Hall–Kier alpha value is -1.35. The average Bonchev–Trinajstić information content (AvgIpc) is 2.53. The quantitative estimate of drug-likeness (QED) is 0.264. The van der Waals surface area contributed by atoms with Crippen LogP contribution in [0.5, 0.6) is 0 Å². The molecule has 0 fully saturated rings. The first kappa shape index (κ1) is 24.7. The summed E-state index contributed by atoms with van der Waals surface area (Å²) in [5, 5.41) is 6.65. The van der Waals surface area contributed by atoms with Crippen LogP contribution in [0.3, 0.4) is 0 Å². The molecular formula is C18H27ClFIN4O. The highest BCUT2D eigenvalue weighted by Crippen LogP contribution is 2.29. The van der Waals surface area contributed by atoms with Crippen molar-refractivity contribution in [2.45, 2.75) is 19.3 Å². The molecule has 0 unspecified atom stereocenters. The molecule has 0 spiro atoms. The minimum atomic E-state index is -0.368. The van der Waals surface area contributed by atoms with E-state index in [1.165, 1.54) is 17.0 Å². The van der Waals surface area contributed by atoms with Crippen LogP contribution >= 0.6 is 35.6 Å². The number of guanidine groups is 1. The molecule has 0 saturated carbocycles. The van der Waals surface area contributed by atoms with Gasteiger partial charge in [-0.3, -0.25) is 4.79 Å². The second-order valence-electron chi connectivity index (χ2n) is 6.48. The molecule has 0 aliphatic heterocycles. The van der Waals surface area contributed by atoms with Crippen molar-refractivity contribution < 1.29 is 9.18 Å². The Morgan fingerprint density at radius 2 is 2.04 bits per heavy atom.